The van der Waals surface area contributed by atoms with Gasteiger partial charge in [0, 0.05) is 19.4 Å². The number of aryl methyl sites for hydroxylation is 1. The number of carbonyl (C=O) groups excluding carboxylic acids is 1. The molecule has 2 N–H and O–H groups in total. The zero-order chi connectivity index (χ0) is 18.6. The fourth-order valence-corrected chi connectivity index (χ4v) is 3.86. The van der Waals surface area contributed by atoms with Crippen LogP contribution in [0.25, 0.3) is 11.0 Å². The highest BCUT2D eigenvalue weighted by Crippen LogP contribution is 2.13. The van der Waals surface area contributed by atoms with Crippen molar-refractivity contribution in [2.45, 2.75) is 24.7 Å². The second kappa shape index (κ2) is 7.70. The van der Waals surface area contributed by atoms with Crippen LogP contribution in [0.1, 0.15) is 17.8 Å². The fourth-order valence-electron chi connectivity index (χ4n) is 2.62. The van der Waals surface area contributed by atoms with Crippen molar-refractivity contribution in [3.8, 4) is 0 Å². The Hall–Kier alpha value is -2.67. The predicted octanol–water partition coefficient (Wildman–Crippen LogP) is 2.39. The Labute approximate surface area is 152 Å². The molecule has 0 fully saturated rings. The lowest BCUT2D eigenvalue weighted by Gasteiger charge is -2.06. The Morgan fingerprint density at radius 2 is 1.85 bits per heavy atom. The molecule has 0 unspecified atom stereocenters. The molecule has 0 aliphatic rings. The average Bonchev–Trinajstić information content (AvgIpc) is 3.03. The third-order valence-corrected chi connectivity index (χ3v) is 5.83. The Balaban J connectivity index is 1.47. The highest BCUT2D eigenvalue weighted by Gasteiger charge is 2.16. The second-order valence-corrected chi connectivity index (χ2v) is 8.29. The van der Waals surface area contributed by atoms with Gasteiger partial charge in [-0.15, -0.1) is 0 Å². The maximum absolute atomic E-state index is 12.2. The van der Waals surface area contributed by atoms with Crippen LogP contribution in [0.4, 0.5) is 0 Å². The summed E-state index contributed by atoms with van der Waals surface area (Å²) in [5.74, 6) is 0.308. The number of nitrogens with one attached hydrogen (secondary N) is 2. The van der Waals surface area contributed by atoms with Gasteiger partial charge in [0.2, 0.25) is 5.91 Å². The number of fused-ring (bicyclic) bond motifs is 1. The summed E-state index contributed by atoms with van der Waals surface area (Å²) in [7, 11) is -3.45. The van der Waals surface area contributed by atoms with Crippen LogP contribution >= 0.6 is 0 Å². The van der Waals surface area contributed by atoms with Crippen molar-refractivity contribution in [1.82, 2.24) is 15.3 Å². The van der Waals surface area contributed by atoms with Gasteiger partial charge in [0.05, 0.1) is 21.7 Å². The van der Waals surface area contributed by atoms with Gasteiger partial charge in [-0.05, 0) is 31.2 Å². The fraction of sp³-hybridized carbons (Fsp3) is 0.263. The molecule has 0 bridgehead atoms. The van der Waals surface area contributed by atoms with E-state index in [2.05, 4.69) is 15.3 Å². The summed E-state index contributed by atoms with van der Waals surface area (Å²) < 4.78 is 24.5. The smallest absolute Gasteiger partial charge is 0.221 e. The minimum Gasteiger partial charge on any atom is -0.356 e. The van der Waals surface area contributed by atoms with Gasteiger partial charge in [-0.3, -0.25) is 4.79 Å². The molecule has 6 nitrogen and oxygen atoms in total. The number of imidazole rings is 1. The lowest BCUT2D eigenvalue weighted by atomic mass is 10.2. The van der Waals surface area contributed by atoms with Crippen LogP contribution in [-0.4, -0.2) is 36.6 Å². The molecule has 136 valence electrons. The van der Waals surface area contributed by atoms with Crippen LogP contribution in [-0.2, 0) is 21.1 Å². The van der Waals surface area contributed by atoms with E-state index in [4.69, 9.17) is 0 Å². The lowest BCUT2D eigenvalue weighted by Crippen LogP contribution is -2.27. The third kappa shape index (κ3) is 4.49. The van der Waals surface area contributed by atoms with E-state index in [9.17, 15) is 13.2 Å². The monoisotopic (exact) mass is 371 g/mol. The molecular formula is C19H21N3O3S. The van der Waals surface area contributed by atoms with E-state index in [-0.39, 0.29) is 23.0 Å². The number of carbonyl (C=O) groups is 1. The maximum Gasteiger partial charge on any atom is 0.221 e. The molecular weight excluding hydrogens is 350 g/mol. The zero-order valence-corrected chi connectivity index (χ0v) is 15.3. The Bertz CT molecular complexity index is 975. The molecule has 26 heavy (non-hydrogen) atoms. The summed E-state index contributed by atoms with van der Waals surface area (Å²) in [4.78, 5) is 19.8. The molecule has 3 rings (SSSR count). The topological polar surface area (TPSA) is 91.9 Å². The van der Waals surface area contributed by atoms with E-state index in [0.717, 1.165) is 22.4 Å². The van der Waals surface area contributed by atoms with Crippen molar-refractivity contribution in [3.63, 3.8) is 0 Å². The first-order valence-electron chi connectivity index (χ1n) is 8.44. The number of rotatable bonds is 7. The summed E-state index contributed by atoms with van der Waals surface area (Å²) in [5.41, 5.74) is 2.84. The van der Waals surface area contributed by atoms with Crippen LogP contribution in [0.3, 0.4) is 0 Å². The van der Waals surface area contributed by atoms with Crippen molar-refractivity contribution < 1.29 is 13.2 Å². The first-order chi connectivity index (χ1) is 12.4. The maximum atomic E-state index is 12.2. The van der Waals surface area contributed by atoms with Crippen LogP contribution in [0.5, 0.6) is 0 Å². The summed E-state index contributed by atoms with van der Waals surface area (Å²) in [6.45, 7) is 2.30. The molecule has 3 aromatic rings. The van der Waals surface area contributed by atoms with Gasteiger partial charge in [0.1, 0.15) is 5.82 Å². The third-order valence-electron chi connectivity index (χ3n) is 4.10. The number of benzene rings is 2. The number of amides is 1. The van der Waals surface area contributed by atoms with Crippen molar-refractivity contribution in [1.29, 1.82) is 0 Å². The minimum atomic E-state index is -3.45. The van der Waals surface area contributed by atoms with Gasteiger partial charge < -0.3 is 10.3 Å². The Morgan fingerprint density at radius 1 is 1.12 bits per heavy atom. The van der Waals surface area contributed by atoms with Crippen molar-refractivity contribution in [3.05, 3.63) is 59.9 Å². The molecule has 0 spiro atoms. The molecule has 0 aliphatic heterocycles. The summed E-state index contributed by atoms with van der Waals surface area (Å²) >= 11 is 0. The molecule has 0 atom stereocenters. The highest BCUT2D eigenvalue weighted by molar-refractivity contribution is 7.91. The van der Waals surface area contributed by atoms with E-state index < -0.39 is 9.84 Å². The Kier molecular flexibility index (Phi) is 5.37. The number of H-pyrrole nitrogens is 1. The number of aromatic nitrogens is 2. The van der Waals surface area contributed by atoms with Gasteiger partial charge in [-0.25, -0.2) is 13.4 Å². The first-order valence-corrected chi connectivity index (χ1v) is 10.1. The van der Waals surface area contributed by atoms with Crippen molar-refractivity contribution >= 4 is 26.8 Å². The normalized spacial score (nSPS) is 11.6. The number of sulfone groups is 1. The highest BCUT2D eigenvalue weighted by atomic mass is 32.2. The number of hydrogen-bond acceptors (Lipinski definition) is 4. The average molecular weight is 371 g/mol. The molecule has 1 amide bonds. The largest absolute Gasteiger partial charge is 0.356 e. The van der Waals surface area contributed by atoms with Crippen LogP contribution < -0.4 is 5.32 Å². The molecule has 1 heterocycles. The van der Waals surface area contributed by atoms with Crippen molar-refractivity contribution in [2.75, 3.05) is 12.3 Å². The zero-order valence-electron chi connectivity index (χ0n) is 14.5. The first kappa shape index (κ1) is 18.1. The molecule has 0 saturated carbocycles. The number of aromatic amines is 1. The van der Waals surface area contributed by atoms with Crippen LogP contribution in [0.15, 0.2) is 53.4 Å². The number of hydrogen-bond donors (Lipinski definition) is 2. The lowest BCUT2D eigenvalue weighted by molar-refractivity contribution is -0.120. The molecule has 7 heteroatoms. The molecule has 2 aromatic carbocycles. The number of nitrogens with zero attached hydrogens (tertiary/aromatic N) is 1. The standard InChI is InChI=1S/C19H21N3O3S/c1-14-6-8-15(9-7-14)26(24,25)13-11-19(23)20-12-10-18-21-16-4-2-3-5-17(16)22-18/h2-9H,10-13H2,1H3,(H,20,23)(H,21,22). The molecule has 0 aliphatic carbocycles. The predicted molar refractivity (Wildman–Crippen MR) is 101 cm³/mol. The van der Waals surface area contributed by atoms with Gasteiger partial charge in [0.25, 0.3) is 0 Å². The SMILES string of the molecule is Cc1ccc(S(=O)(=O)CCC(=O)NCCc2nc3ccccc3[nH]2)cc1. The molecule has 1 aromatic heterocycles. The summed E-state index contributed by atoms with van der Waals surface area (Å²) in [6.07, 6.45) is 0.501. The van der Waals surface area contributed by atoms with E-state index in [0.29, 0.717) is 13.0 Å². The van der Waals surface area contributed by atoms with Gasteiger partial charge in [0.15, 0.2) is 9.84 Å². The molecule has 0 radical (unpaired) electrons. The van der Waals surface area contributed by atoms with E-state index in [1.807, 2.05) is 31.2 Å². The minimum absolute atomic E-state index is 0.0592. The van der Waals surface area contributed by atoms with E-state index in [1.54, 1.807) is 24.3 Å². The second-order valence-electron chi connectivity index (χ2n) is 6.18. The number of para-hydroxylation sites is 2. The summed E-state index contributed by atoms with van der Waals surface area (Å²) in [6, 6.07) is 14.4. The van der Waals surface area contributed by atoms with Crippen LogP contribution in [0, 0.1) is 6.92 Å². The van der Waals surface area contributed by atoms with Crippen molar-refractivity contribution in [2.24, 2.45) is 0 Å². The van der Waals surface area contributed by atoms with Gasteiger partial charge in [-0.2, -0.15) is 0 Å². The summed E-state index contributed by atoms with van der Waals surface area (Å²) in [5, 5.41) is 2.75. The van der Waals surface area contributed by atoms with Crippen LogP contribution in [0.2, 0.25) is 0 Å². The molecule has 0 saturated heterocycles. The van der Waals surface area contributed by atoms with E-state index >= 15 is 0 Å². The van der Waals surface area contributed by atoms with Gasteiger partial charge in [-0.1, -0.05) is 29.8 Å². The quantitative estimate of drug-likeness (QED) is 0.667. The van der Waals surface area contributed by atoms with Gasteiger partial charge >= 0.3 is 0 Å². The Morgan fingerprint density at radius 3 is 2.58 bits per heavy atom. The van der Waals surface area contributed by atoms with E-state index in [1.165, 1.54) is 0 Å².